The van der Waals surface area contributed by atoms with Crippen molar-refractivity contribution in [3.8, 4) is 22.8 Å². The summed E-state index contributed by atoms with van der Waals surface area (Å²) < 4.78 is 5.80. The highest BCUT2D eigenvalue weighted by molar-refractivity contribution is 7.09. The van der Waals surface area contributed by atoms with Gasteiger partial charge in [-0.1, -0.05) is 36.4 Å². The summed E-state index contributed by atoms with van der Waals surface area (Å²) in [6.07, 6.45) is 0. The molecular weight excluding hydrogens is 368 g/mol. The Morgan fingerprint density at radius 1 is 0.929 bits per heavy atom. The Morgan fingerprint density at radius 3 is 2.39 bits per heavy atom. The fourth-order valence-electron chi connectivity index (χ4n) is 2.75. The lowest BCUT2D eigenvalue weighted by atomic mass is 10.1. The Labute approximate surface area is 167 Å². The first-order valence-electron chi connectivity index (χ1n) is 8.84. The lowest BCUT2D eigenvalue weighted by Crippen LogP contribution is -2.11. The van der Waals surface area contributed by atoms with Crippen LogP contribution in [0.25, 0.3) is 11.3 Å². The number of amides is 1. The standard InChI is InChI=1S/C23H18N2O2S/c1-16-24-22(15-28-16)17-10-12-19(13-11-17)25-23(26)18-6-5-9-21(14-18)27-20-7-3-2-4-8-20/h2-15H,1H3,(H,25,26). The SMILES string of the molecule is Cc1nc(-c2ccc(NC(=O)c3cccc(Oc4ccccc4)c3)cc2)cs1. The van der Waals surface area contributed by atoms with Gasteiger partial charge in [0.1, 0.15) is 11.5 Å². The molecule has 1 amide bonds. The van der Waals surface area contributed by atoms with Crippen molar-refractivity contribution < 1.29 is 9.53 Å². The molecule has 0 radical (unpaired) electrons. The van der Waals surface area contributed by atoms with E-state index >= 15 is 0 Å². The molecule has 5 heteroatoms. The van der Waals surface area contributed by atoms with Crippen LogP contribution < -0.4 is 10.1 Å². The Bertz CT molecular complexity index is 1090. The predicted molar refractivity (Wildman–Crippen MR) is 113 cm³/mol. The molecule has 0 saturated carbocycles. The van der Waals surface area contributed by atoms with Gasteiger partial charge in [-0.2, -0.15) is 0 Å². The second-order valence-corrected chi connectivity index (χ2v) is 7.29. The zero-order valence-corrected chi connectivity index (χ0v) is 16.1. The van der Waals surface area contributed by atoms with Crippen LogP contribution in [0.3, 0.4) is 0 Å². The largest absolute Gasteiger partial charge is 0.457 e. The average molecular weight is 386 g/mol. The minimum absolute atomic E-state index is 0.184. The molecule has 4 nitrogen and oxygen atoms in total. The number of aromatic nitrogens is 1. The minimum Gasteiger partial charge on any atom is -0.457 e. The number of rotatable bonds is 5. The van der Waals surface area contributed by atoms with E-state index in [0.717, 1.165) is 27.7 Å². The normalized spacial score (nSPS) is 10.5. The fraction of sp³-hybridized carbons (Fsp3) is 0.0435. The Hall–Kier alpha value is -3.44. The van der Waals surface area contributed by atoms with E-state index in [1.54, 1.807) is 29.5 Å². The molecule has 0 atom stereocenters. The van der Waals surface area contributed by atoms with Crippen LogP contribution in [-0.4, -0.2) is 10.9 Å². The maximum atomic E-state index is 12.6. The van der Waals surface area contributed by atoms with Gasteiger partial charge in [-0.15, -0.1) is 11.3 Å². The molecule has 0 saturated heterocycles. The molecule has 1 heterocycles. The summed E-state index contributed by atoms with van der Waals surface area (Å²) >= 11 is 1.62. The minimum atomic E-state index is -0.184. The molecular formula is C23H18N2O2S. The lowest BCUT2D eigenvalue weighted by Gasteiger charge is -2.09. The number of hydrogen-bond donors (Lipinski definition) is 1. The summed E-state index contributed by atoms with van der Waals surface area (Å²) in [7, 11) is 0. The molecule has 0 aliphatic heterocycles. The number of hydrogen-bond acceptors (Lipinski definition) is 4. The molecule has 4 rings (SSSR count). The number of aryl methyl sites for hydroxylation is 1. The van der Waals surface area contributed by atoms with Crippen molar-refractivity contribution in [1.82, 2.24) is 4.98 Å². The van der Waals surface area contributed by atoms with E-state index in [1.807, 2.05) is 73.0 Å². The molecule has 1 aromatic heterocycles. The van der Waals surface area contributed by atoms with Gasteiger partial charge in [0.25, 0.3) is 5.91 Å². The van der Waals surface area contributed by atoms with Crippen LogP contribution in [0.1, 0.15) is 15.4 Å². The maximum absolute atomic E-state index is 12.6. The molecule has 4 aromatic rings. The number of nitrogens with zero attached hydrogens (tertiary/aromatic N) is 1. The Balaban J connectivity index is 1.45. The topological polar surface area (TPSA) is 51.2 Å². The number of carbonyl (C=O) groups is 1. The lowest BCUT2D eigenvalue weighted by molar-refractivity contribution is 0.102. The number of benzene rings is 3. The monoisotopic (exact) mass is 386 g/mol. The Morgan fingerprint density at radius 2 is 1.68 bits per heavy atom. The summed E-state index contributed by atoms with van der Waals surface area (Å²) in [6.45, 7) is 1.98. The molecule has 0 spiro atoms. The molecule has 0 aliphatic rings. The van der Waals surface area contributed by atoms with Crippen LogP contribution in [-0.2, 0) is 0 Å². The van der Waals surface area contributed by atoms with Crippen molar-refractivity contribution in [3.63, 3.8) is 0 Å². The number of ether oxygens (including phenoxy) is 1. The molecule has 0 unspecified atom stereocenters. The van der Waals surface area contributed by atoms with Crippen LogP contribution >= 0.6 is 11.3 Å². The van der Waals surface area contributed by atoms with Gasteiger partial charge >= 0.3 is 0 Å². The van der Waals surface area contributed by atoms with Crippen molar-refractivity contribution in [1.29, 1.82) is 0 Å². The van der Waals surface area contributed by atoms with E-state index in [4.69, 9.17) is 4.74 Å². The number of anilines is 1. The average Bonchev–Trinajstić information content (AvgIpc) is 3.16. The van der Waals surface area contributed by atoms with Gasteiger partial charge < -0.3 is 10.1 Å². The summed E-state index contributed by atoms with van der Waals surface area (Å²) in [5.74, 6) is 1.16. The molecule has 138 valence electrons. The molecule has 3 aromatic carbocycles. The van der Waals surface area contributed by atoms with Crippen LogP contribution in [0.4, 0.5) is 5.69 Å². The molecule has 1 N–H and O–H groups in total. The van der Waals surface area contributed by atoms with Crippen LogP contribution in [0, 0.1) is 6.92 Å². The van der Waals surface area contributed by atoms with E-state index in [9.17, 15) is 4.79 Å². The third-order valence-corrected chi connectivity index (χ3v) is 4.91. The highest BCUT2D eigenvalue weighted by Crippen LogP contribution is 2.24. The first-order chi connectivity index (χ1) is 13.7. The van der Waals surface area contributed by atoms with Crippen molar-refractivity contribution in [2.45, 2.75) is 6.92 Å². The predicted octanol–water partition coefficient (Wildman–Crippen LogP) is 6.16. The van der Waals surface area contributed by atoms with Gasteiger partial charge in [0.15, 0.2) is 0 Å². The van der Waals surface area contributed by atoms with Gasteiger partial charge in [-0.05, 0) is 49.4 Å². The van der Waals surface area contributed by atoms with E-state index < -0.39 is 0 Å². The fourth-order valence-corrected chi connectivity index (χ4v) is 3.37. The summed E-state index contributed by atoms with van der Waals surface area (Å²) in [5, 5.41) is 5.98. The third-order valence-electron chi connectivity index (χ3n) is 4.13. The van der Waals surface area contributed by atoms with Crippen LogP contribution in [0.15, 0.2) is 84.2 Å². The maximum Gasteiger partial charge on any atom is 0.255 e. The van der Waals surface area contributed by atoms with Gasteiger partial charge in [0.2, 0.25) is 0 Å². The summed E-state index contributed by atoms with van der Waals surface area (Å²) in [4.78, 5) is 17.1. The second kappa shape index (κ2) is 8.06. The van der Waals surface area contributed by atoms with Gasteiger partial charge in [0.05, 0.1) is 10.7 Å². The smallest absolute Gasteiger partial charge is 0.255 e. The molecule has 0 fully saturated rings. The van der Waals surface area contributed by atoms with Crippen molar-refractivity contribution in [3.05, 3.63) is 94.8 Å². The number of nitrogens with one attached hydrogen (secondary N) is 1. The van der Waals surface area contributed by atoms with Gasteiger partial charge in [-0.25, -0.2) is 4.98 Å². The number of thiazole rings is 1. The highest BCUT2D eigenvalue weighted by Gasteiger charge is 2.09. The number of carbonyl (C=O) groups excluding carboxylic acids is 1. The van der Waals surface area contributed by atoms with E-state index in [0.29, 0.717) is 11.3 Å². The zero-order valence-electron chi connectivity index (χ0n) is 15.3. The summed E-state index contributed by atoms with van der Waals surface area (Å²) in [6, 6.07) is 24.3. The number of para-hydroxylation sites is 1. The summed E-state index contributed by atoms with van der Waals surface area (Å²) in [5.41, 5.74) is 3.24. The van der Waals surface area contributed by atoms with Crippen molar-refractivity contribution in [2.24, 2.45) is 0 Å². The molecule has 0 aliphatic carbocycles. The zero-order chi connectivity index (χ0) is 19.3. The first kappa shape index (κ1) is 17.9. The van der Waals surface area contributed by atoms with Crippen LogP contribution in [0.5, 0.6) is 11.5 Å². The van der Waals surface area contributed by atoms with Gasteiger partial charge in [0, 0.05) is 22.2 Å². The quantitative estimate of drug-likeness (QED) is 0.447. The van der Waals surface area contributed by atoms with Gasteiger partial charge in [-0.3, -0.25) is 4.79 Å². The molecule has 0 bridgehead atoms. The van der Waals surface area contributed by atoms with E-state index in [1.165, 1.54) is 0 Å². The van der Waals surface area contributed by atoms with E-state index in [2.05, 4.69) is 10.3 Å². The Kier molecular flexibility index (Phi) is 5.17. The highest BCUT2D eigenvalue weighted by atomic mass is 32.1. The third kappa shape index (κ3) is 4.27. The molecule has 28 heavy (non-hydrogen) atoms. The van der Waals surface area contributed by atoms with Crippen molar-refractivity contribution in [2.75, 3.05) is 5.32 Å². The van der Waals surface area contributed by atoms with E-state index in [-0.39, 0.29) is 5.91 Å². The second-order valence-electron chi connectivity index (χ2n) is 6.23. The van der Waals surface area contributed by atoms with Crippen LogP contribution in [0.2, 0.25) is 0 Å². The first-order valence-corrected chi connectivity index (χ1v) is 9.72. The van der Waals surface area contributed by atoms with Crippen molar-refractivity contribution >= 4 is 22.9 Å².